The summed E-state index contributed by atoms with van der Waals surface area (Å²) in [7, 11) is 1.59. The molecule has 5 nitrogen and oxygen atoms in total. The Morgan fingerprint density at radius 3 is 2.65 bits per heavy atom. The zero-order valence-corrected chi connectivity index (χ0v) is 13.7. The van der Waals surface area contributed by atoms with Crippen molar-refractivity contribution in [2.24, 2.45) is 0 Å². The van der Waals surface area contributed by atoms with E-state index in [9.17, 15) is 4.79 Å². The highest BCUT2D eigenvalue weighted by atomic mass is 79.9. The third-order valence-corrected chi connectivity index (χ3v) is 2.82. The molecule has 0 unspecified atom stereocenters. The molecule has 0 aliphatic heterocycles. The van der Waals surface area contributed by atoms with E-state index in [0.717, 1.165) is 4.47 Å². The lowest BCUT2D eigenvalue weighted by atomic mass is 10.2. The average Bonchev–Trinajstić information content (AvgIpc) is 2.34. The Bertz CT molecular complexity index is 457. The van der Waals surface area contributed by atoms with Crippen molar-refractivity contribution in [3.63, 3.8) is 0 Å². The first-order valence-electron chi connectivity index (χ1n) is 6.25. The molecule has 0 saturated carbocycles. The van der Waals surface area contributed by atoms with Crippen LogP contribution in [0, 0.1) is 0 Å². The van der Waals surface area contributed by atoms with Gasteiger partial charge in [-0.15, -0.1) is 0 Å². The highest BCUT2D eigenvalue weighted by molar-refractivity contribution is 9.10. The maximum absolute atomic E-state index is 11.4. The summed E-state index contributed by atoms with van der Waals surface area (Å²) < 4.78 is 16.6. The van der Waals surface area contributed by atoms with E-state index in [0.29, 0.717) is 24.7 Å². The maximum Gasteiger partial charge on any atom is 0.407 e. The second kappa shape index (κ2) is 7.38. The van der Waals surface area contributed by atoms with Crippen LogP contribution in [0.25, 0.3) is 0 Å². The van der Waals surface area contributed by atoms with Crippen molar-refractivity contribution in [1.82, 2.24) is 5.32 Å². The first kappa shape index (κ1) is 16.6. The van der Waals surface area contributed by atoms with Crippen LogP contribution in [-0.2, 0) is 4.74 Å². The fourth-order valence-electron chi connectivity index (χ4n) is 1.35. The Labute approximate surface area is 127 Å². The van der Waals surface area contributed by atoms with Crippen molar-refractivity contribution in [2.75, 3.05) is 20.3 Å². The minimum atomic E-state index is -0.499. The second-order valence-electron chi connectivity index (χ2n) is 5.07. The van der Waals surface area contributed by atoms with Gasteiger partial charge in [0.1, 0.15) is 23.7 Å². The molecule has 0 saturated heterocycles. The van der Waals surface area contributed by atoms with Crippen molar-refractivity contribution in [2.45, 2.75) is 26.4 Å². The van der Waals surface area contributed by atoms with Crippen LogP contribution in [-0.4, -0.2) is 32.0 Å². The molecule has 0 heterocycles. The van der Waals surface area contributed by atoms with Gasteiger partial charge >= 0.3 is 6.09 Å². The molecular formula is C14H20BrNO4. The summed E-state index contributed by atoms with van der Waals surface area (Å²) in [6, 6.07) is 5.45. The number of hydrogen-bond acceptors (Lipinski definition) is 4. The molecule has 1 amide bonds. The lowest BCUT2D eigenvalue weighted by molar-refractivity contribution is 0.0520. The molecule has 0 spiro atoms. The average molecular weight is 346 g/mol. The molecule has 0 aliphatic rings. The van der Waals surface area contributed by atoms with Crippen LogP contribution in [0.5, 0.6) is 11.5 Å². The zero-order chi connectivity index (χ0) is 15.2. The summed E-state index contributed by atoms with van der Waals surface area (Å²) in [6.45, 7) is 6.15. The van der Waals surface area contributed by atoms with Crippen LogP contribution in [0.3, 0.4) is 0 Å². The SMILES string of the molecule is COc1ccc(Br)c(OCCNC(=O)OC(C)(C)C)c1. The Kier molecular flexibility index (Phi) is 6.13. The van der Waals surface area contributed by atoms with E-state index in [4.69, 9.17) is 14.2 Å². The lowest BCUT2D eigenvalue weighted by Gasteiger charge is -2.19. The molecule has 0 radical (unpaired) electrons. The summed E-state index contributed by atoms with van der Waals surface area (Å²) in [6.07, 6.45) is -0.453. The molecule has 0 aromatic heterocycles. The lowest BCUT2D eigenvalue weighted by Crippen LogP contribution is -2.34. The minimum Gasteiger partial charge on any atom is -0.497 e. The van der Waals surface area contributed by atoms with Crippen LogP contribution in [0.4, 0.5) is 4.79 Å². The number of alkyl carbamates (subject to hydrolysis) is 1. The Morgan fingerprint density at radius 1 is 1.35 bits per heavy atom. The van der Waals surface area contributed by atoms with E-state index in [2.05, 4.69) is 21.2 Å². The molecular weight excluding hydrogens is 326 g/mol. The number of benzene rings is 1. The van der Waals surface area contributed by atoms with Gasteiger partial charge in [0.05, 0.1) is 18.1 Å². The van der Waals surface area contributed by atoms with Gasteiger partial charge in [0.25, 0.3) is 0 Å². The summed E-state index contributed by atoms with van der Waals surface area (Å²) in [5, 5.41) is 2.62. The van der Waals surface area contributed by atoms with Gasteiger partial charge in [0, 0.05) is 6.07 Å². The first-order valence-corrected chi connectivity index (χ1v) is 7.04. The molecule has 112 valence electrons. The number of amides is 1. The summed E-state index contributed by atoms with van der Waals surface area (Å²) in [4.78, 5) is 11.4. The van der Waals surface area contributed by atoms with E-state index in [1.807, 2.05) is 32.9 Å². The number of carbonyl (C=O) groups excluding carboxylic acids is 1. The maximum atomic E-state index is 11.4. The molecule has 0 bridgehead atoms. The molecule has 0 fully saturated rings. The molecule has 0 atom stereocenters. The first-order chi connectivity index (χ1) is 9.31. The van der Waals surface area contributed by atoms with E-state index in [-0.39, 0.29) is 0 Å². The monoisotopic (exact) mass is 345 g/mol. The Balaban J connectivity index is 2.36. The van der Waals surface area contributed by atoms with E-state index < -0.39 is 11.7 Å². The van der Waals surface area contributed by atoms with Crippen molar-refractivity contribution in [3.8, 4) is 11.5 Å². The zero-order valence-electron chi connectivity index (χ0n) is 12.2. The molecule has 1 aromatic rings. The largest absolute Gasteiger partial charge is 0.497 e. The molecule has 20 heavy (non-hydrogen) atoms. The van der Waals surface area contributed by atoms with E-state index in [1.165, 1.54) is 0 Å². The normalized spacial score (nSPS) is 10.8. The quantitative estimate of drug-likeness (QED) is 0.831. The number of ether oxygens (including phenoxy) is 3. The fraction of sp³-hybridized carbons (Fsp3) is 0.500. The molecule has 6 heteroatoms. The van der Waals surface area contributed by atoms with Crippen molar-refractivity contribution in [3.05, 3.63) is 22.7 Å². The molecule has 1 aromatic carbocycles. The van der Waals surface area contributed by atoms with Crippen molar-refractivity contribution in [1.29, 1.82) is 0 Å². The smallest absolute Gasteiger partial charge is 0.407 e. The molecule has 1 N–H and O–H groups in total. The van der Waals surface area contributed by atoms with Gasteiger partial charge in [-0.25, -0.2) is 4.79 Å². The topological polar surface area (TPSA) is 56.8 Å². The van der Waals surface area contributed by atoms with Gasteiger partial charge < -0.3 is 19.5 Å². The third kappa shape index (κ3) is 6.14. The molecule has 1 rings (SSSR count). The van der Waals surface area contributed by atoms with E-state index >= 15 is 0 Å². The highest BCUT2D eigenvalue weighted by Gasteiger charge is 2.15. The van der Waals surface area contributed by atoms with Crippen LogP contribution >= 0.6 is 15.9 Å². The molecule has 0 aliphatic carbocycles. The van der Waals surface area contributed by atoms with Crippen LogP contribution in [0.2, 0.25) is 0 Å². The van der Waals surface area contributed by atoms with Crippen molar-refractivity contribution >= 4 is 22.0 Å². The second-order valence-corrected chi connectivity index (χ2v) is 5.93. The van der Waals surface area contributed by atoms with Gasteiger partial charge in [-0.3, -0.25) is 0 Å². The Morgan fingerprint density at radius 2 is 2.05 bits per heavy atom. The summed E-state index contributed by atoms with van der Waals surface area (Å²) in [5.41, 5.74) is -0.499. The van der Waals surface area contributed by atoms with Gasteiger partial charge in [-0.2, -0.15) is 0 Å². The number of nitrogens with one attached hydrogen (secondary N) is 1. The number of hydrogen-bond donors (Lipinski definition) is 1. The van der Waals surface area contributed by atoms with Crippen LogP contribution in [0.1, 0.15) is 20.8 Å². The highest BCUT2D eigenvalue weighted by Crippen LogP contribution is 2.29. The number of methoxy groups -OCH3 is 1. The third-order valence-electron chi connectivity index (χ3n) is 2.17. The Hall–Kier alpha value is -1.43. The van der Waals surface area contributed by atoms with Gasteiger partial charge in [-0.05, 0) is 48.8 Å². The van der Waals surface area contributed by atoms with Gasteiger partial charge in [-0.1, -0.05) is 0 Å². The number of rotatable bonds is 5. The predicted octanol–water partition coefficient (Wildman–Crippen LogP) is 3.36. The van der Waals surface area contributed by atoms with E-state index in [1.54, 1.807) is 13.2 Å². The standard InChI is InChI=1S/C14H20BrNO4/c1-14(2,3)20-13(17)16-7-8-19-12-9-10(18-4)5-6-11(12)15/h5-6,9H,7-8H2,1-4H3,(H,16,17). The fourth-order valence-corrected chi connectivity index (χ4v) is 1.71. The predicted molar refractivity (Wildman–Crippen MR) is 80.4 cm³/mol. The van der Waals surface area contributed by atoms with Crippen LogP contribution < -0.4 is 14.8 Å². The van der Waals surface area contributed by atoms with Gasteiger partial charge in [0.2, 0.25) is 0 Å². The summed E-state index contributed by atoms with van der Waals surface area (Å²) >= 11 is 3.39. The number of halogens is 1. The van der Waals surface area contributed by atoms with Crippen molar-refractivity contribution < 1.29 is 19.0 Å². The van der Waals surface area contributed by atoms with Gasteiger partial charge in [0.15, 0.2) is 0 Å². The number of carbonyl (C=O) groups is 1. The minimum absolute atomic E-state index is 0.338. The summed E-state index contributed by atoms with van der Waals surface area (Å²) in [5.74, 6) is 1.37. The van der Waals surface area contributed by atoms with Crippen LogP contribution in [0.15, 0.2) is 22.7 Å².